The quantitative estimate of drug-likeness (QED) is 0.198. The molecule has 0 amide bonds. The van der Waals surface area contributed by atoms with Gasteiger partial charge in [0.1, 0.15) is 0 Å². The Labute approximate surface area is 259 Å². The van der Waals surface area contributed by atoms with Crippen molar-refractivity contribution in [2.45, 2.75) is 0 Å². The van der Waals surface area contributed by atoms with Gasteiger partial charge in [-0.2, -0.15) is 0 Å². The van der Waals surface area contributed by atoms with Gasteiger partial charge in [0.2, 0.25) is 0 Å². The first-order valence-electron chi connectivity index (χ1n) is 15.4. The molecule has 10 aromatic rings. The van der Waals surface area contributed by atoms with E-state index in [2.05, 4.69) is 144 Å². The van der Waals surface area contributed by atoms with Crippen molar-refractivity contribution >= 4 is 65.0 Å². The van der Waals surface area contributed by atoms with Crippen LogP contribution in [0, 0.1) is 0 Å². The van der Waals surface area contributed by atoms with Crippen LogP contribution < -0.4 is 0 Å². The summed E-state index contributed by atoms with van der Waals surface area (Å²) in [5, 5.41) is 11.3. The monoisotopic (exact) mass is 571 g/mol. The molecule has 3 nitrogen and oxygen atoms in total. The second kappa shape index (κ2) is 9.22. The zero-order valence-corrected chi connectivity index (χ0v) is 24.3. The maximum absolute atomic E-state index is 5.14. The number of fused-ring (bicyclic) bond motifs is 6. The van der Waals surface area contributed by atoms with Crippen LogP contribution in [0.2, 0.25) is 0 Å². The lowest BCUT2D eigenvalue weighted by Crippen LogP contribution is -1.95. The van der Waals surface area contributed by atoms with E-state index >= 15 is 0 Å². The van der Waals surface area contributed by atoms with Crippen LogP contribution in [0.4, 0.5) is 0 Å². The van der Waals surface area contributed by atoms with Crippen molar-refractivity contribution < 1.29 is 0 Å². The fourth-order valence-corrected chi connectivity index (χ4v) is 7.40. The van der Waals surface area contributed by atoms with Crippen LogP contribution in [0.3, 0.4) is 0 Å². The highest BCUT2D eigenvalue weighted by Crippen LogP contribution is 2.45. The highest BCUT2D eigenvalue weighted by atomic mass is 15.0. The van der Waals surface area contributed by atoms with E-state index in [0.717, 1.165) is 33.5 Å². The average Bonchev–Trinajstić information content (AvgIpc) is 3.46. The molecule has 208 valence electrons. The Kier molecular flexibility index (Phi) is 5.00. The maximum Gasteiger partial charge on any atom is 0.160 e. The SMILES string of the molecule is c1ccc(-c2nc(-c3ccc4c(ccc5c6cccc7c6c6c(cccc6n7-c6ccccc6)c45)c3)nc3ccccc23)cc1. The third kappa shape index (κ3) is 3.46. The maximum atomic E-state index is 5.14. The Morgan fingerprint density at radius 2 is 1.04 bits per heavy atom. The Hall–Kier alpha value is -6.06. The molecule has 0 aliphatic heterocycles. The van der Waals surface area contributed by atoms with E-state index in [0.29, 0.717) is 0 Å². The van der Waals surface area contributed by atoms with E-state index in [-0.39, 0.29) is 0 Å². The highest BCUT2D eigenvalue weighted by molar-refractivity contribution is 6.38. The van der Waals surface area contributed by atoms with Gasteiger partial charge in [-0.1, -0.05) is 115 Å². The van der Waals surface area contributed by atoms with E-state index in [1.165, 1.54) is 59.8 Å². The molecular weight excluding hydrogens is 546 g/mol. The molecule has 0 radical (unpaired) electrons. The molecule has 3 heteroatoms. The molecule has 0 saturated heterocycles. The van der Waals surface area contributed by atoms with Crippen LogP contribution in [-0.2, 0) is 0 Å². The van der Waals surface area contributed by atoms with Gasteiger partial charge in [0, 0.05) is 33.0 Å². The summed E-state index contributed by atoms with van der Waals surface area (Å²) in [4.78, 5) is 10.2. The van der Waals surface area contributed by atoms with Gasteiger partial charge < -0.3 is 4.57 Å². The van der Waals surface area contributed by atoms with E-state index < -0.39 is 0 Å². The summed E-state index contributed by atoms with van der Waals surface area (Å²) in [5.41, 5.74) is 7.66. The minimum absolute atomic E-state index is 0.737. The molecule has 0 aliphatic rings. The molecule has 10 rings (SSSR count). The van der Waals surface area contributed by atoms with Gasteiger partial charge in [0.05, 0.1) is 22.2 Å². The van der Waals surface area contributed by atoms with Crippen LogP contribution in [0.15, 0.2) is 152 Å². The van der Waals surface area contributed by atoms with Gasteiger partial charge in [-0.3, -0.25) is 0 Å². The number of hydrogen-bond acceptors (Lipinski definition) is 2. The van der Waals surface area contributed by atoms with E-state index in [4.69, 9.17) is 9.97 Å². The molecule has 0 unspecified atom stereocenters. The molecule has 2 heterocycles. The molecule has 0 fully saturated rings. The van der Waals surface area contributed by atoms with Gasteiger partial charge >= 0.3 is 0 Å². The van der Waals surface area contributed by atoms with Crippen molar-refractivity contribution in [3.63, 3.8) is 0 Å². The number of rotatable bonds is 3. The summed E-state index contributed by atoms with van der Waals surface area (Å²) < 4.78 is 2.41. The Morgan fingerprint density at radius 1 is 0.400 bits per heavy atom. The zero-order chi connectivity index (χ0) is 29.5. The molecule has 0 N–H and O–H groups in total. The van der Waals surface area contributed by atoms with Gasteiger partial charge in [-0.05, 0) is 68.7 Å². The molecule has 0 bridgehead atoms. The smallest absolute Gasteiger partial charge is 0.160 e. The summed E-state index contributed by atoms with van der Waals surface area (Å²) >= 11 is 0. The lowest BCUT2D eigenvalue weighted by atomic mass is 9.91. The molecule has 0 spiro atoms. The van der Waals surface area contributed by atoms with Crippen LogP contribution in [-0.4, -0.2) is 14.5 Å². The lowest BCUT2D eigenvalue weighted by molar-refractivity contribution is 1.18. The molecule has 8 aromatic carbocycles. The summed E-state index contributed by atoms with van der Waals surface area (Å²) in [5.74, 6) is 0.737. The molecule has 0 atom stereocenters. The molecule has 2 aromatic heterocycles. The minimum atomic E-state index is 0.737. The summed E-state index contributed by atoms with van der Waals surface area (Å²) in [6.45, 7) is 0. The summed E-state index contributed by atoms with van der Waals surface area (Å²) in [7, 11) is 0. The zero-order valence-electron chi connectivity index (χ0n) is 24.3. The normalized spacial score (nSPS) is 12.0. The van der Waals surface area contributed by atoms with Gasteiger partial charge in [0.25, 0.3) is 0 Å². The molecular formula is C42H25N3. The number of nitrogens with zero attached hydrogens (tertiary/aromatic N) is 3. The predicted molar refractivity (Wildman–Crippen MR) is 188 cm³/mol. The largest absolute Gasteiger partial charge is 0.309 e. The third-order valence-corrected chi connectivity index (χ3v) is 9.32. The topological polar surface area (TPSA) is 30.7 Å². The van der Waals surface area contributed by atoms with Crippen LogP contribution >= 0.6 is 0 Å². The first-order chi connectivity index (χ1) is 22.3. The van der Waals surface area contributed by atoms with Gasteiger partial charge in [-0.25, -0.2) is 9.97 Å². The van der Waals surface area contributed by atoms with Crippen LogP contribution in [0.25, 0.3) is 93.4 Å². The highest BCUT2D eigenvalue weighted by Gasteiger charge is 2.20. The number of aromatic nitrogens is 3. The second-order valence-corrected chi connectivity index (χ2v) is 11.8. The van der Waals surface area contributed by atoms with Crippen molar-refractivity contribution in [2.75, 3.05) is 0 Å². The molecule has 0 saturated carbocycles. The van der Waals surface area contributed by atoms with Crippen molar-refractivity contribution in [1.82, 2.24) is 14.5 Å². The van der Waals surface area contributed by atoms with Crippen molar-refractivity contribution in [2.24, 2.45) is 0 Å². The first-order valence-corrected chi connectivity index (χ1v) is 15.4. The van der Waals surface area contributed by atoms with E-state index in [1.54, 1.807) is 0 Å². The van der Waals surface area contributed by atoms with E-state index in [1.807, 2.05) is 12.1 Å². The van der Waals surface area contributed by atoms with Gasteiger partial charge in [0.15, 0.2) is 5.82 Å². The predicted octanol–water partition coefficient (Wildman–Crippen LogP) is 11.0. The number of para-hydroxylation sites is 2. The molecule has 0 aliphatic carbocycles. The van der Waals surface area contributed by atoms with Crippen molar-refractivity contribution in [3.8, 4) is 28.3 Å². The Morgan fingerprint density at radius 3 is 1.87 bits per heavy atom. The van der Waals surface area contributed by atoms with E-state index in [9.17, 15) is 0 Å². The van der Waals surface area contributed by atoms with Crippen LogP contribution in [0.5, 0.6) is 0 Å². The molecule has 45 heavy (non-hydrogen) atoms. The average molecular weight is 572 g/mol. The third-order valence-electron chi connectivity index (χ3n) is 9.32. The van der Waals surface area contributed by atoms with Crippen molar-refractivity contribution in [1.29, 1.82) is 0 Å². The standard InChI is InChI=1S/C42H25N3/c1-3-11-26(12-4-1)41-33-15-7-8-18-35(33)43-42(44-41)28-22-23-30-27(25-28)21-24-32-31-16-9-19-36-39(31)40-34(38(30)32)17-10-20-37(40)45(36)29-13-5-2-6-14-29/h1-25H. The Bertz CT molecular complexity index is 2740. The first kappa shape index (κ1) is 24.4. The number of hydrogen-bond donors (Lipinski definition) is 0. The summed E-state index contributed by atoms with van der Waals surface area (Å²) in [6, 6.07) is 54.1. The lowest BCUT2D eigenvalue weighted by Gasteiger charge is -2.13. The van der Waals surface area contributed by atoms with Gasteiger partial charge in [-0.15, -0.1) is 0 Å². The minimum Gasteiger partial charge on any atom is -0.309 e. The second-order valence-electron chi connectivity index (χ2n) is 11.8. The van der Waals surface area contributed by atoms with Crippen LogP contribution in [0.1, 0.15) is 0 Å². The van der Waals surface area contributed by atoms with Crippen molar-refractivity contribution in [3.05, 3.63) is 152 Å². The summed E-state index contributed by atoms with van der Waals surface area (Å²) in [6.07, 6.45) is 0. The fraction of sp³-hybridized carbons (Fsp3) is 0. The fourth-order valence-electron chi connectivity index (χ4n) is 7.40. The number of benzene rings is 8. The Balaban J connectivity index is 1.25.